The van der Waals surface area contributed by atoms with Gasteiger partial charge in [-0.25, -0.2) is 8.78 Å². The van der Waals surface area contributed by atoms with Crippen LogP contribution in [0.5, 0.6) is 0 Å². The molecule has 0 N–H and O–H groups in total. The molecule has 8 heteroatoms. The molecule has 0 bridgehead atoms. The molecule has 1 heterocycles. The van der Waals surface area contributed by atoms with Crippen LogP contribution in [-0.2, 0) is 11.5 Å². The Balaban J connectivity index is 3.55. The van der Waals surface area contributed by atoms with E-state index in [1.165, 1.54) is 0 Å². The van der Waals surface area contributed by atoms with Gasteiger partial charge in [0.05, 0.1) is 16.8 Å². The van der Waals surface area contributed by atoms with Crippen molar-refractivity contribution < 1.29 is 22.0 Å². The fourth-order valence-corrected chi connectivity index (χ4v) is 2.16. The number of hydrogen-bond acceptors (Lipinski definition) is 1. The van der Waals surface area contributed by atoms with E-state index in [1.807, 2.05) is 0 Å². The van der Waals surface area contributed by atoms with Crippen LogP contribution in [0.1, 0.15) is 23.2 Å². The summed E-state index contributed by atoms with van der Waals surface area (Å²) in [4.78, 5) is 3.52. The van der Waals surface area contributed by atoms with Gasteiger partial charge in [-0.2, -0.15) is 13.2 Å². The molecule has 0 aliphatic rings. The minimum absolute atomic E-state index is 0.164. The van der Waals surface area contributed by atoms with Gasteiger partial charge in [-0.1, -0.05) is 15.9 Å². The fraction of sp³-hybridized carbons (Fsp3) is 0.375. The molecule has 0 spiro atoms. The third-order valence-electron chi connectivity index (χ3n) is 1.78. The first-order chi connectivity index (χ1) is 7.29. The molecule has 0 amide bonds. The molecule has 0 fully saturated rings. The van der Waals surface area contributed by atoms with Gasteiger partial charge in [0, 0.05) is 16.0 Å². The Bertz CT molecular complexity index is 391. The Morgan fingerprint density at radius 1 is 1.31 bits per heavy atom. The lowest BCUT2D eigenvalue weighted by Crippen LogP contribution is -2.13. The van der Waals surface area contributed by atoms with E-state index < -0.39 is 28.2 Å². The second-order valence-corrected chi connectivity index (χ2v) is 4.19. The number of aromatic nitrogens is 1. The highest BCUT2D eigenvalue weighted by Crippen LogP contribution is 2.41. The highest BCUT2D eigenvalue weighted by Gasteiger charge is 2.39. The van der Waals surface area contributed by atoms with Crippen molar-refractivity contribution in [1.82, 2.24) is 4.98 Å². The summed E-state index contributed by atoms with van der Waals surface area (Å²) in [7, 11) is 0. The Labute approximate surface area is 104 Å². The molecule has 0 atom stereocenters. The summed E-state index contributed by atoms with van der Waals surface area (Å²) < 4.78 is 62.5. The van der Waals surface area contributed by atoms with Gasteiger partial charge >= 0.3 is 6.18 Å². The minimum Gasteiger partial charge on any atom is -0.259 e. The van der Waals surface area contributed by atoms with Gasteiger partial charge < -0.3 is 0 Å². The molecule has 0 aliphatic carbocycles. The molecule has 1 aromatic rings. The van der Waals surface area contributed by atoms with Gasteiger partial charge in [0.2, 0.25) is 0 Å². The minimum atomic E-state index is -4.84. The normalized spacial score (nSPS) is 12.2. The number of hydrogen-bond donors (Lipinski definition) is 0. The van der Waals surface area contributed by atoms with E-state index in [-0.39, 0.29) is 11.0 Å². The van der Waals surface area contributed by atoms with Gasteiger partial charge in [0.1, 0.15) is 0 Å². The summed E-state index contributed by atoms with van der Waals surface area (Å²) in [5.74, 6) is 0. The van der Waals surface area contributed by atoms with Crippen molar-refractivity contribution in [2.45, 2.75) is 17.9 Å². The maximum Gasteiger partial charge on any atom is 0.418 e. The fourth-order valence-electron chi connectivity index (χ4n) is 1.17. The van der Waals surface area contributed by atoms with Crippen LogP contribution in [0.25, 0.3) is 0 Å². The summed E-state index contributed by atoms with van der Waals surface area (Å²) in [6, 6.07) is 0. The lowest BCUT2D eigenvalue weighted by molar-refractivity contribution is -0.140. The van der Waals surface area contributed by atoms with Crippen LogP contribution in [0, 0.1) is 0 Å². The van der Waals surface area contributed by atoms with E-state index in [2.05, 4.69) is 36.8 Å². The van der Waals surface area contributed by atoms with Crippen LogP contribution in [0.2, 0.25) is 0 Å². The molecule has 1 nitrogen and oxygen atoms in total. The molecule has 90 valence electrons. The molecule has 0 aliphatic heterocycles. The largest absolute Gasteiger partial charge is 0.418 e. The molecule has 0 radical (unpaired) electrons. The summed E-state index contributed by atoms with van der Waals surface area (Å²) in [6.45, 7) is 0. The van der Waals surface area contributed by atoms with E-state index in [9.17, 15) is 22.0 Å². The smallest absolute Gasteiger partial charge is 0.259 e. The summed E-state index contributed by atoms with van der Waals surface area (Å²) in [6.07, 6.45) is -7.20. The lowest BCUT2D eigenvalue weighted by Gasteiger charge is -2.16. The summed E-state index contributed by atoms with van der Waals surface area (Å²) >= 11 is 5.41. The van der Waals surface area contributed by atoms with Gasteiger partial charge in [0.25, 0.3) is 6.43 Å². The third-order valence-corrected chi connectivity index (χ3v) is 2.91. The van der Waals surface area contributed by atoms with Crippen LogP contribution in [0.15, 0.2) is 10.7 Å². The zero-order valence-electron chi connectivity index (χ0n) is 7.45. The Morgan fingerprint density at radius 2 is 1.88 bits per heavy atom. The van der Waals surface area contributed by atoms with Crippen LogP contribution in [0.3, 0.4) is 0 Å². The number of halogens is 7. The lowest BCUT2D eigenvalue weighted by atomic mass is 10.1. The topological polar surface area (TPSA) is 12.9 Å². The SMILES string of the molecule is FC(F)c1c(CBr)ncc(Br)c1C(F)(F)F. The number of alkyl halides is 6. The maximum atomic E-state index is 12.6. The van der Waals surface area contributed by atoms with Gasteiger partial charge in [-0.3, -0.25) is 4.98 Å². The zero-order valence-corrected chi connectivity index (χ0v) is 10.6. The van der Waals surface area contributed by atoms with Crippen LogP contribution < -0.4 is 0 Å². The van der Waals surface area contributed by atoms with Crippen molar-refractivity contribution in [3.63, 3.8) is 0 Å². The third kappa shape index (κ3) is 2.71. The van der Waals surface area contributed by atoms with Crippen molar-refractivity contribution in [2.75, 3.05) is 0 Å². The van der Waals surface area contributed by atoms with Crippen molar-refractivity contribution in [1.29, 1.82) is 0 Å². The molecule has 1 aromatic heterocycles. The molecule has 0 saturated heterocycles. The number of pyridine rings is 1. The standard InChI is InChI=1S/C8H4Br2F5N/c9-1-4-5(7(11)12)6(8(13,14)15)3(10)2-16-4/h2,7H,1H2. The monoisotopic (exact) mass is 367 g/mol. The summed E-state index contributed by atoms with van der Waals surface area (Å²) in [5.41, 5.74) is -2.77. The van der Waals surface area contributed by atoms with Gasteiger partial charge in [-0.05, 0) is 15.9 Å². The zero-order chi connectivity index (χ0) is 12.5. The maximum absolute atomic E-state index is 12.6. The van der Waals surface area contributed by atoms with Crippen LogP contribution >= 0.6 is 31.9 Å². The number of nitrogens with zero attached hydrogens (tertiary/aromatic N) is 1. The Hall–Kier alpha value is -0.240. The van der Waals surface area contributed by atoms with E-state index in [0.717, 1.165) is 6.20 Å². The van der Waals surface area contributed by atoms with E-state index in [0.29, 0.717) is 0 Å². The highest BCUT2D eigenvalue weighted by molar-refractivity contribution is 9.10. The average Bonchev–Trinajstić information content (AvgIpc) is 2.15. The first-order valence-corrected chi connectivity index (χ1v) is 5.79. The van der Waals surface area contributed by atoms with E-state index >= 15 is 0 Å². The van der Waals surface area contributed by atoms with E-state index in [1.54, 1.807) is 0 Å². The molecular formula is C8H4Br2F5N. The van der Waals surface area contributed by atoms with Crippen LogP contribution in [0.4, 0.5) is 22.0 Å². The molecule has 0 saturated carbocycles. The summed E-state index contributed by atoms with van der Waals surface area (Å²) in [5, 5.41) is -0.164. The molecule has 16 heavy (non-hydrogen) atoms. The van der Waals surface area contributed by atoms with Crippen molar-refractivity contribution >= 4 is 31.9 Å². The van der Waals surface area contributed by atoms with Crippen LogP contribution in [-0.4, -0.2) is 4.98 Å². The molecule has 0 aromatic carbocycles. The quantitative estimate of drug-likeness (QED) is 0.545. The van der Waals surface area contributed by atoms with Gasteiger partial charge in [-0.15, -0.1) is 0 Å². The Kier molecular flexibility index (Phi) is 4.28. The van der Waals surface area contributed by atoms with Crippen molar-refractivity contribution in [3.05, 3.63) is 27.5 Å². The molecule has 1 rings (SSSR count). The Morgan fingerprint density at radius 3 is 2.25 bits per heavy atom. The van der Waals surface area contributed by atoms with Crippen molar-refractivity contribution in [3.8, 4) is 0 Å². The highest BCUT2D eigenvalue weighted by atomic mass is 79.9. The second kappa shape index (κ2) is 4.95. The number of rotatable bonds is 2. The average molecular weight is 369 g/mol. The first kappa shape index (κ1) is 13.8. The molecular weight excluding hydrogens is 365 g/mol. The first-order valence-electron chi connectivity index (χ1n) is 3.87. The molecule has 0 unspecified atom stereocenters. The predicted octanol–water partition coefficient (Wildman–Crippen LogP) is 4.70. The van der Waals surface area contributed by atoms with E-state index in [4.69, 9.17) is 0 Å². The predicted molar refractivity (Wildman–Crippen MR) is 54.5 cm³/mol. The van der Waals surface area contributed by atoms with Gasteiger partial charge in [0.15, 0.2) is 0 Å². The second-order valence-electron chi connectivity index (χ2n) is 2.77. The van der Waals surface area contributed by atoms with Crippen molar-refractivity contribution in [2.24, 2.45) is 0 Å².